The molecule has 5 rings (SSSR count). The molecule has 37 heavy (non-hydrogen) atoms. The van der Waals surface area contributed by atoms with Crippen molar-refractivity contribution in [3.8, 4) is 6.07 Å². The zero-order chi connectivity index (χ0) is 27.2. The molecule has 5 heteroatoms. The first-order valence-electron chi connectivity index (χ1n) is 14.2. The third-order valence-corrected chi connectivity index (χ3v) is 12.3. The van der Waals surface area contributed by atoms with E-state index in [1.807, 2.05) is 19.1 Å². The topological polar surface area (TPSA) is 84.2 Å². The van der Waals surface area contributed by atoms with E-state index in [-0.39, 0.29) is 68.4 Å². The van der Waals surface area contributed by atoms with Gasteiger partial charge >= 0.3 is 5.97 Å². The number of carbonyl (C=O) groups is 3. The third-order valence-electron chi connectivity index (χ3n) is 12.3. The number of ketones is 2. The minimum absolute atomic E-state index is 0.0576. The predicted octanol–water partition coefficient (Wildman–Crippen LogP) is 6.38. The molecule has 0 bridgehead atoms. The van der Waals surface area contributed by atoms with Gasteiger partial charge in [-0.05, 0) is 79.1 Å². The number of nitrogens with zero attached hydrogens (tertiary/aromatic N) is 1. The molecule has 3 fully saturated rings. The fraction of sp³-hybridized carbons (Fsp3) is 0.750. The molecule has 0 aromatic carbocycles. The highest BCUT2D eigenvalue weighted by molar-refractivity contribution is 6.02. The zero-order valence-corrected chi connectivity index (χ0v) is 23.7. The van der Waals surface area contributed by atoms with Crippen LogP contribution in [0.5, 0.6) is 0 Å². The second kappa shape index (κ2) is 8.14. The molecule has 0 aliphatic heterocycles. The molecule has 5 aliphatic rings. The summed E-state index contributed by atoms with van der Waals surface area (Å²) in [4.78, 5) is 39.1. The van der Waals surface area contributed by atoms with Crippen molar-refractivity contribution in [2.24, 2.45) is 50.7 Å². The first-order valence-corrected chi connectivity index (χ1v) is 14.2. The summed E-state index contributed by atoms with van der Waals surface area (Å²) in [6, 6.07) is 2.16. The highest BCUT2D eigenvalue weighted by atomic mass is 16.5. The van der Waals surface area contributed by atoms with Crippen LogP contribution in [0.25, 0.3) is 0 Å². The maximum atomic E-state index is 14.4. The predicted molar refractivity (Wildman–Crippen MR) is 141 cm³/mol. The lowest BCUT2D eigenvalue weighted by Gasteiger charge is -2.68. The van der Waals surface area contributed by atoms with Gasteiger partial charge in [0.15, 0.2) is 11.6 Å². The van der Waals surface area contributed by atoms with Crippen molar-refractivity contribution in [1.29, 1.82) is 5.26 Å². The largest absolute Gasteiger partial charge is 0.465 e. The average molecular weight is 506 g/mol. The maximum Gasteiger partial charge on any atom is 0.302 e. The minimum atomic E-state index is -0.479. The average Bonchev–Trinajstić information content (AvgIpc) is 2.82. The van der Waals surface area contributed by atoms with Gasteiger partial charge in [0.1, 0.15) is 6.07 Å². The molecule has 0 saturated heterocycles. The number of allylic oxidation sites excluding steroid dienone is 4. The molecule has 0 spiro atoms. The van der Waals surface area contributed by atoms with E-state index in [0.717, 1.165) is 50.5 Å². The Balaban J connectivity index is 1.65. The van der Waals surface area contributed by atoms with Crippen LogP contribution in [0.4, 0.5) is 0 Å². The van der Waals surface area contributed by atoms with Crippen LogP contribution in [-0.4, -0.2) is 24.1 Å². The molecule has 8 atom stereocenters. The van der Waals surface area contributed by atoms with Crippen LogP contribution in [0.3, 0.4) is 0 Å². The lowest BCUT2D eigenvalue weighted by atomic mass is 9.35. The fourth-order valence-electron chi connectivity index (χ4n) is 9.86. The Morgan fingerprint density at radius 1 is 1.05 bits per heavy atom. The highest BCUT2D eigenvalue weighted by Crippen LogP contribution is 2.73. The van der Waals surface area contributed by atoms with Crippen molar-refractivity contribution in [3.05, 3.63) is 23.3 Å². The van der Waals surface area contributed by atoms with E-state index >= 15 is 0 Å². The van der Waals surface area contributed by atoms with Crippen molar-refractivity contribution >= 4 is 17.5 Å². The molecule has 0 radical (unpaired) electrons. The number of ether oxygens (including phenoxy) is 1. The molecule has 3 saturated carbocycles. The Kier molecular flexibility index (Phi) is 5.81. The monoisotopic (exact) mass is 505 g/mol. The smallest absolute Gasteiger partial charge is 0.302 e. The summed E-state index contributed by atoms with van der Waals surface area (Å²) in [6.45, 7) is 15.3. The van der Waals surface area contributed by atoms with E-state index in [2.05, 4.69) is 40.7 Å². The van der Waals surface area contributed by atoms with E-state index in [1.54, 1.807) is 0 Å². The molecule has 5 nitrogen and oxygen atoms in total. The lowest BCUT2D eigenvalue weighted by Crippen LogP contribution is -2.64. The summed E-state index contributed by atoms with van der Waals surface area (Å²) in [6.07, 6.45) is 10.6. The summed E-state index contributed by atoms with van der Waals surface area (Å²) in [5.41, 5.74) is 0.454. The molecule has 0 heterocycles. The first kappa shape index (κ1) is 26.4. The fourth-order valence-corrected chi connectivity index (χ4v) is 9.86. The van der Waals surface area contributed by atoms with Crippen LogP contribution in [0.1, 0.15) is 93.4 Å². The van der Waals surface area contributed by atoms with Crippen LogP contribution in [0, 0.1) is 62.1 Å². The van der Waals surface area contributed by atoms with Gasteiger partial charge in [-0.15, -0.1) is 0 Å². The number of esters is 1. The Labute approximate surface area is 222 Å². The van der Waals surface area contributed by atoms with E-state index in [4.69, 9.17) is 4.74 Å². The number of rotatable bonds is 2. The van der Waals surface area contributed by atoms with Crippen LogP contribution in [-0.2, 0) is 19.1 Å². The molecule has 0 amide bonds. The van der Waals surface area contributed by atoms with E-state index in [9.17, 15) is 19.6 Å². The summed E-state index contributed by atoms with van der Waals surface area (Å²) in [5, 5.41) is 9.77. The van der Waals surface area contributed by atoms with E-state index in [1.165, 1.54) is 6.92 Å². The van der Waals surface area contributed by atoms with Gasteiger partial charge in [0.05, 0.1) is 12.2 Å². The van der Waals surface area contributed by atoms with E-state index < -0.39 is 5.41 Å². The number of Topliss-reactive ketones (excluding diaryl/α,β-unsaturated/α-hetero) is 1. The minimum Gasteiger partial charge on any atom is -0.465 e. The van der Waals surface area contributed by atoms with Gasteiger partial charge in [0.25, 0.3) is 0 Å². The number of carbonyl (C=O) groups excluding carboxylic acids is 3. The van der Waals surface area contributed by atoms with Crippen molar-refractivity contribution in [1.82, 2.24) is 0 Å². The van der Waals surface area contributed by atoms with Gasteiger partial charge in [0.2, 0.25) is 0 Å². The van der Waals surface area contributed by atoms with Crippen LogP contribution >= 0.6 is 0 Å². The molecule has 5 aliphatic carbocycles. The van der Waals surface area contributed by atoms with Crippen molar-refractivity contribution < 1.29 is 19.1 Å². The first-order chi connectivity index (χ1) is 17.1. The van der Waals surface area contributed by atoms with E-state index in [0.29, 0.717) is 6.61 Å². The quantitative estimate of drug-likeness (QED) is 0.407. The number of fused-ring (bicyclic) bond motifs is 7. The maximum absolute atomic E-state index is 14.4. The summed E-state index contributed by atoms with van der Waals surface area (Å²) < 4.78 is 5.69. The van der Waals surface area contributed by atoms with Crippen molar-refractivity contribution in [2.75, 3.05) is 6.61 Å². The second-order valence-electron chi connectivity index (χ2n) is 14.6. The van der Waals surface area contributed by atoms with Gasteiger partial charge < -0.3 is 4.74 Å². The molecule has 8 unspecified atom stereocenters. The van der Waals surface area contributed by atoms with Crippen LogP contribution < -0.4 is 0 Å². The number of nitriles is 1. The molecule has 0 N–H and O–H groups in total. The Hall–Kier alpha value is -2.22. The Morgan fingerprint density at radius 2 is 1.73 bits per heavy atom. The van der Waals surface area contributed by atoms with Crippen molar-refractivity contribution in [3.63, 3.8) is 0 Å². The van der Waals surface area contributed by atoms with Crippen LogP contribution in [0.2, 0.25) is 0 Å². The van der Waals surface area contributed by atoms with Gasteiger partial charge in [-0.3, -0.25) is 14.4 Å². The standard InChI is InChI=1S/C32H43NO4/c1-19-22-8-9-30(6)25(29(22,5)15-21(17-33)27(19)36)14-24(35)26-23-16-28(3,4)10-12-32(23,18-37-20(2)34)13-11-31(26,30)7/h14-15,19,22-23,26H,8-13,16,18H2,1-7H3. The van der Waals surface area contributed by atoms with Gasteiger partial charge in [0, 0.05) is 29.6 Å². The number of hydrogen-bond acceptors (Lipinski definition) is 5. The van der Waals surface area contributed by atoms with Crippen molar-refractivity contribution in [2.45, 2.75) is 93.4 Å². The second-order valence-corrected chi connectivity index (χ2v) is 14.6. The SMILES string of the molecule is CC(=O)OCC12CCC(C)(C)CC1C1C(=O)C=C3C4(C)C=C(C#N)C(=O)C(C)C4CCC3(C)C1(C)CC2. The van der Waals surface area contributed by atoms with Gasteiger partial charge in [-0.1, -0.05) is 53.2 Å². The zero-order valence-electron chi connectivity index (χ0n) is 23.7. The molecular formula is C32H43NO4. The normalized spacial score (nSPS) is 46.2. The van der Waals surface area contributed by atoms with Gasteiger partial charge in [-0.25, -0.2) is 0 Å². The number of hydrogen-bond donors (Lipinski definition) is 0. The molecule has 200 valence electrons. The van der Waals surface area contributed by atoms with Crippen LogP contribution in [0.15, 0.2) is 23.3 Å². The lowest BCUT2D eigenvalue weighted by molar-refractivity contribution is -0.183. The summed E-state index contributed by atoms with van der Waals surface area (Å²) >= 11 is 0. The third kappa shape index (κ3) is 3.50. The molecule has 0 aromatic heterocycles. The summed E-state index contributed by atoms with van der Waals surface area (Å²) in [7, 11) is 0. The van der Waals surface area contributed by atoms with Gasteiger partial charge in [-0.2, -0.15) is 5.26 Å². The Morgan fingerprint density at radius 3 is 2.38 bits per heavy atom. The molecule has 0 aromatic rings. The Bertz CT molecular complexity index is 1170. The molecular weight excluding hydrogens is 462 g/mol. The highest BCUT2D eigenvalue weighted by Gasteiger charge is 2.69. The summed E-state index contributed by atoms with van der Waals surface area (Å²) in [5.74, 6) is -0.183.